The van der Waals surface area contributed by atoms with Gasteiger partial charge in [0.1, 0.15) is 11.5 Å². The van der Waals surface area contributed by atoms with Crippen LogP contribution in [0.2, 0.25) is 0 Å². The highest BCUT2D eigenvalue weighted by atomic mass is 16.5. The molecule has 0 spiro atoms. The van der Waals surface area contributed by atoms with E-state index < -0.39 is 0 Å². The van der Waals surface area contributed by atoms with Gasteiger partial charge in [0, 0.05) is 6.07 Å². The minimum atomic E-state index is 0.356. The van der Waals surface area contributed by atoms with E-state index in [-0.39, 0.29) is 0 Å². The lowest BCUT2D eigenvalue weighted by Gasteiger charge is -2.24. The third-order valence-electron chi connectivity index (χ3n) is 3.01. The molecule has 15 heavy (non-hydrogen) atoms. The van der Waals surface area contributed by atoms with Crippen LogP contribution in [0.15, 0.2) is 10.6 Å². The number of aryl methyl sites for hydroxylation is 1. The molecule has 2 rings (SSSR count). The van der Waals surface area contributed by atoms with E-state index in [1.807, 2.05) is 13.0 Å². The molecule has 1 aromatic heterocycles. The van der Waals surface area contributed by atoms with E-state index in [1.165, 1.54) is 12.8 Å². The second-order valence-electron chi connectivity index (χ2n) is 4.20. The van der Waals surface area contributed by atoms with Crippen molar-refractivity contribution in [2.24, 2.45) is 5.73 Å². The predicted octanol–water partition coefficient (Wildman–Crippen LogP) is 1.47. The van der Waals surface area contributed by atoms with Gasteiger partial charge in [0.15, 0.2) is 0 Å². The van der Waals surface area contributed by atoms with Crippen molar-refractivity contribution in [2.45, 2.75) is 32.2 Å². The number of hydrogen-bond donors (Lipinski definition) is 1. The quantitative estimate of drug-likeness (QED) is 0.815. The highest BCUT2D eigenvalue weighted by Gasteiger charge is 2.25. The van der Waals surface area contributed by atoms with Crippen molar-refractivity contribution < 1.29 is 4.52 Å². The molecule has 1 atom stereocenters. The van der Waals surface area contributed by atoms with Gasteiger partial charge in [-0.05, 0) is 45.8 Å². The van der Waals surface area contributed by atoms with Crippen LogP contribution in [0, 0.1) is 6.92 Å². The van der Waals surface area contributed by atoms with Gasteiger partial charge >= 0.3 is 0 Å². The fraction of sp³-hybridized carbons (Fsp3) is 0.727. The zero-order valence-electron chi connectivity index (χ0n) is 9.28. The first-order valence-electron chi connectivity index (χ1n) is 5.68. The van der Waals surface area contributed by atoms with Gasteiger partial charge in [0.25, 0.3) is 0 Å². The van der Waals surface area contributed by atoms with E-state index in [4.69, 9.17) is 10.3 Å². The summed E-state index contributed by atoms with van der Waals surface area (Å²) in [6, 6.07) is 2.38. The largest absolute Gasteiger partial charge is 0.361 e. The summed E-state index contributed by atoms with van der Waals surface area (Å²) in [4.78, 5) is 2.46. The number of rotatable bonds is 4. The zero-order chi connectivity index (χ0) is 10.7. The van der Waals surface area contributed by atoms with Gasteiger partial charge in [-0.3, -0.25) is 4.90 Å². The number of likely N-dealkylation sites (tertiary alicyclic amines) is 1. The molecule has 0 saturated carbocycles. The van der Waals surface area contributed by atoms with Gasteiger partial charge in [0.2, 0.25) is 0 Å². The summed E-state index contributed by atoms with van der Waals surface area (Å²) < 4.78 is 5.13. The lowest BCUT2D eigenvalue weighted by Crippen LogP contribution is -2.27. The Balaban J connectivity index is 2.11. The molecular weight excluding hydrogens is 190 g/mol. The summed E-state index contributed by atoms with van der Waals surface area (Å²) in [6.45, 7) is 4.96. The molecule has 2 heterocycles. The molecule has 0 amide bonds. The molecule has 1 aliphatic heterocycles. The summed E-state index contributed by atoms with van der Waals surface area (Å²) in [5.41, 5.74) is 6.70. The Morgan fingerprint density at radius 1 is 1.53 bits per heavy atom. The van der Waals surface area contributed by atoms with E-state index in [1.54, 1.807) is 0 Å². The first-order valence-corrected chi connectivity index (χ1v) is 5.68. The van der Waals surface area contributed by atoms with Crippen LogP contribution in [0.1, 0.15) is 36.8 Å². The number of nitrogens with zero attached hydrogens (tertiary/aromatic N) is 2. The van der Waals surface area contributed by atoms with E-state index in [2.05, 4.69) is 10.1 Å². The highest BCUT2D eigenvalue weighted by Crippen LogP contribution is 2.27. The van der Waals surface area contributed by atoms with Crippen molar-refractivity contribution in [3.63, 3.8) is 0 Å². The summed E-state index contributed by atoms with van der Waals surface area (Å²) in [6.07, 6.45) is 3.54. The molecule has 4 heteroatoms. The topological polar surface area (TPSA) is 55.3 Å². The summed E-state index contributed by atoms with van der Waals surface area (Å²) in [7, 11) is 0. The van der Waals surface area contributed by atoms with Crippen LogP contribution in [0.25, 0.3) is 0 Å². The number of hydrogen-bond acceptors (Lipinski definition) is 4. The first kappa shape index (κ1) is 10.6. The van der Waals surface area contributed by atoms with Crippen LogP contribution >= 0.6 is 0 Å². The monoisotopic (exact) mass is 209 g/mol. The molecule has 0 aromatic carbocycles. The van der Waals surface area contributed by atoms with Crippen molar-refractivity contribution in [3.05, 3.63) is 17.5 Å². The van der Waals surface area contributed by atoms with E-state index in [0.717, 1.165) is 31.0 Å². The van der Waals surface area contributed by atoms with Gasteiger partial charge < -0.3 is 10.3 Å². The van der Waals surface area contributed by atoms with Crippen molar-refractivity contribution in [2.75, 3.05) is 19.6 Å². The molecule has 84 valence electrons. The van der Waals surface area contributed by atoms with Gasteiger partial charge in [-0.1, -0.05) is 5.16 Å². The van der Waals surface area contributed by atoms with Gasteiger partial charge in [-0.2, -0.15) is 0 Å². The summed E-state index contributed by atoms with van der Waals surface area (Å²) >= 11 is 0. The fourth-order valence-corrected chi connectivity index (χ4v) is 2.27. The van der Waals surface area contributed by atoms with Crippen molar-refractivity contribution in [1.82, 2.24) is 10.1 Å². The Kier molecular flexibility index (Phi) is 3.38. The number of aromatic nitrogens is 1. The van der Waals surface area contributed by atoms with Crippen LogP contribution in [0.3, 0.4) is 0 Å². The fourth-order valence-electron chi connectivity index (χ4n) is 2.27. The molecule has 1 fully saturated rings. The maximum Gasteiger partial charge on any atom is 0.133 e. The molecule has 4 nitrogen and oxygen atoms in total. The molecule has 2 N–H and O–H groups in total. The zero-order valence-corrected chi connectivity index (χ0v) is 9.28. The van der Waals surface area contributed by atoms with Crippen LogP contribution in [0.5, 0.6) is 0 Å². The molecule has 0 radical (unpaired) electrons. The van der Waals surface area contributed by atoms with Gasteiger partial charge in [-0.25, -0.2) is 0 Å². The first-order chi connectivity index (χ1) is 7.31. The second-order valence-corrected chi connectivity index (χ2v) is 4.20. The van der Waals surface area contributed by atoms with Gasteiger partial charge in [-0.15, -0.1) is 0 Å². The third kappa shape index (κ3) is 2.38. The Labute approximate surface area is 90.4 Å². The van der Waals surface area contributed by atoms with E-state index in [9.17, 15) is 0 Å². The van der Waals surface area contributed by atoms with Crippen molar-refractivity contribution in [3.8, 4) is 0 Å². The molecule has 1 saturated heterocycles. The van der Waals surface area contributed by atoms with Gasteiger partial charge in [0.05, 0.1) is 6.04 Å². The maximum atomic E-state index is 5.66. The second kappa shape index (κ2) is 4.77. The van der Waals surface area contributed by atoms with Crippen molar-refractivity contribution in [1.29, 1.82) is 0 Å². The average molecular weight is 209 g/mol. The molecule has 1 unspecified atom stereocenters. The Morgan fingerprint density at radius 2 is 2.27 bits per heavy atom. The maximum absolute atomic E-state index is 5.66. The molecule has 0 bridgehead atoms. The summed E-state index contributed by atoms with van der Waals surface area (Å²) in [5.74, 6) is 0.881. The molecule has 1 aliphatic rings. The van der Waals surface area contributed by atoms with Crippen LogP contribution < -0.4 is 5.73 Å². The standard InChI is InChI=1S/C11H19N3O/c1-9-8-10(13-15-9)11(4-5-12)14-6-2-3-7-14/h8,11H,2-7,12H2,1H3. The highest BCUT2D eigenvalue weighted by molar-refractivity contribution is 5.09. The molecule has 0 aliphatic carbocycles. The Morgan fingerprint density at radius 3 is 2.80 bits per heavy atom. The predicted molar refractivity (Wildman–Crippen MR) is 58.5 cm³/mol. The Hall–Kier alpha value is -0.870. The normalized spacial score (nSPS) is 19.6. The SMILES string of the molecule is Cc1cc(C(CCN)N2CCCC2)no1. The van der Waals surface area contributed by atoms with Crippen LogP contribution in [-0.2, 0) is 0 Å². The number of nitrogens with two attached hydrogens (primary N) is 1. The summed E-state index contributed by atoms with van der Waals surface area (Å²) in [5, 5.41) is 4.11. The van der Waals surface area contributed by atoms with Crippen molar-refractivity contribution >= 4 is 0 Å². The Bertz CT molecular complexity index is 305. The minimum Gasteiger partial charge on any atom is -0.361 e. The van der Waals surface area contributed by atoms with E-state index in [0.29, 0.717) is 12.6 Å². The lowest BCUT2D eigenvalue weighted by molar-refractivity contribution is 0.223. The lowest BCUT2D eigenvalue weighted by atomic mass is 10.1. The van der Waals surface area contributed by atoms with E-state index >= 15 is 0 Å². The van der Waals surface area contributed by atoms with Crippen LogP contribution in [-0.4, -0.2) is 29.7 Å². The van der Waals surface area contributed by atoms with Crippen LogP contribution in [0.4, 0.5) is 0 Å². The third-order valence-corrected chi connectivity index (χ3v) is 3.01. The smallest absolute Gasteiger partial charge is 0.133 e. The minimum absolute atomic E-state index is 0.356. The molecular formula is C11H19N3O. The average Bonchev–Trinajstić information content (AvgIpc) is 2.85. The molecule has 1 aromatic rings.